The van der Waals surface area contributed by atoms with Crippen LogP contribution in [0.3, 0.4) is 0 Å². The van der Waals surface area contributed by atoms with Crippen molar-refractivity contribution in [3.63, 3.8) is 0 Å². The number of piperidine rings is 1. The highest BCUT2D eigenvalue weighted by atomic mass is 16.6. The fraction of sp³-hybridized carbons (Fsp3) is 0.312. The number of rotatable bonds is 3. The maximum Gasteiger partial charge on any atom is 0.295 e. The van der Waals surface area contributed by atoms with Gasteiger partial charge in [0.2, 0.25) is 0 Å². The largest absolute Gasteiger partial charge is 0.391 e. The predicted octanol–water partition coefficient (Wildman–Crippen LogP) is 2.62. The molecule has 1 saturated heterocycles. The highest BCUT2D eigenvalue weighted by Gasteiger charge is 2.23. The number of aliphatic hydroxyl groups is 1. The van der Waals surface area contributed by atoms with E-state index in [4.69, 9.17) is 0 Å². The van der Waals surface area contributed by atoms with Crippen LogP contribution in [0.15, 0.2) is 42.5 Å². The van der Waals surface area contributed by atoms with Gasteiger partial charge in [0, 0.05) is 24.7 Å². The van der Waals surface area contributed by atoms with Crippen LogP contribution in [0.4, 0.5) is 11.5 Å². The Bertz CT molecular complexity index is 676. The highest BCUT2D eigenvalue weighted by molar-refractivity contribution is 5.71. The Hall–Kier alpha value is -2.47. The van der Waals surface area contributed by atoms with Crippen molar-refractivity contribution in [3.8, 4) is 11.3 Å². The van der Waals surface area contributed by atoms with E-state index in [1.54, 1.807) is 6.07 Å². The monoisotopic (exact) mass is 299 g/mol. The van der Waals surface area contributed by atoms with Crippen molar-refractivity contribution in [1.82, 2.24) is 4.98 Å². The molecule has 6 nitrogen and oxygen atoms in total. The molecule has 0 radical (unpaired) electrons. The van der Waals surface area contributed by atoms with Crippen LogP contribution in [0.25, 0.3) is 11.3 Å². The number of anilines is 1. The molecule has 2 heterocycles. The number of aliphatic hydroxyl groups excluding tert-OH is 1. The van der Waals surface area contributed by atoms with E-state index < -0.39 is 4.92 Å². The van der Waals surface area contributed by atoms with Gasteiger partial charge in [-0.15, -0.1) is 0 Å². The molecule has 2 aromatic rings. The minimum Gasteiger partial charge on any atom is -0.391 e. The summed E-state index contributed by atoms with van der Waals surface area (Å²) in [6.07, 6.45) is 1.31. The molecule has 0 spiro atoms. The van der Waals surface area contributed by atoms with Gasteiger partial charge in [-0.1, -0.05) is 30.3 Å². The smallest absolute Gasteiger partial charge is 0.295 e. The van der Waals surface area contributed by atoms with E-state index in [0.29, 0.717) is 23.6 Å². The zero-order valence-electron chi connectivity index (χ0n) is 12.1. The lowest BCUT2D eigenvalue weighted by Gasteiger charge is -2.31. The lowest BCUT2D eigenvalue weighted by atomic mass is 10.1. The lowest BCUT2D eigenvalue weighted by molar-refractivity contribution is -0.384. The summed E-state index contributed by atoms with van der Waals surface area (Å²) in [6.45, 7) is 1.31. The zero-order valence-corrected chi connectivity index (χ0v) is 12.1. The van der Waals surface area contributed by atoms with Crippen LogP contribution >= 0.6 is 0 Å². The third kappa shape index (κ3) is 2.92. The van der Waals surface area contributed by atoms with Crippen molar-refractivity contribution >= 4 is 11.5 Å². The molecule has 0 amide bonds. The summed E-state index contributed by atoms with van der Waals surface area (Å²) in [6, 6.07) is 12.3. The summed E-state index contributed by atoms with van der Waals surface area (Å²) in [5.41, 5.74) is 1.07. The average molecular weight is 299 g/mol. The molecule has 1 fully saturated rings. The molecule has 1 aromatic carbocycles. The number of benzene rings is 1. The second kappa shape index (κ2) is 6.11. The Balaban J connectivity index is 2.02. The maximum absolute atomic E-state index is 11.2. The van der Waals surface area contributed by atoms with Gasteiger partial charge >= 0.3 is 0 Å². The van der Waals surface area contributed by atoms with E-state index in [0.717, 1.165) is 19.4 Å². The Morgan fingerprint density at radius 2 is 2.00 bits per heavy atom. The lowest BCUT2D eigenvalue weighted by Crippen LogP contribution is -2.38. The molecule has 1 aromatic heterocycles. The van der Waals surface area contributed by atoms with Gasteiger partial charge in [0.1, 0.15) is 5.82 Å². The Labute approximate surface area is 128 Å². The quantitative estimate of drug-likeness (QED) is 0.696. The number of hydrogen-bond acceptors (Lipinski definition) is 5. The predicted molar refractivity (Wildman–Crippen MR) is 83.8 cm³/mol. The van der Waals surface area contributed by atoms with Crippen molar-refractivity contribution in [1.29, 1.82) is 0 Å². The van der Waals surface area contributed by atoms with Crippen molar-refractivity contribution in [3.05, 3.63) is 52.6 Å². The number of β-amino-alcohol motifs (C(OH)–C–C–N with tert-alkyl or cyclic N) is 1. The molecule has 1 aliphatic rings. The SMILES string of the molecule is O=[N+]([O-])c1ccc(N2CCCC(O)C2)nc1-c1ccccc1. The van der Waals surface area contributed by atoms with Gasteiger partial charge in [0.15, 0.2) is 5.69 Å². The highest BCUT2D eigenvalue weighted by Crippen LogP contribution is 2.31. The molecule has 1 atom stereocenters. The molecule has 0 aliphatic carbocycles. The molecule has 1 unspecified atom stereocenters. The maximum atomic E-state index is 11.2. The second-order valence-corrected chi connectivity index (χ2v) is 5.40. The van der Waals surface area contributed by atoms with Crippen LogP contribution in [-0.4, -0.2) is 34.2 Å². The van der Waals surface area contributed by atoms with E-state index in [2.05, 4.69) is 4.98 Å². The van der Waals surface area contributed by atoms with Crippen molar-refractivity contribution in [2.45, 2.75) is 18.9 Å². The van der Waals surface area contributed by atoms with E-state index in [-0.39, 0.29) is 11.8 Å². The van der Waals surface area contributed by atoms with Gasteiger partial charge in [-0.3, -0.25) is 10.1 Å². The Morgan fingerprint density at radius 1 is 1.23 bits per heavy atom. The average Bonchev–Trinajstić information content (AvgIpc) is 2.55. The Kier molecular flexibility index (Phi) is 4.02. The van der Waals surface area contributed by atoms with Crippen LogP contribution in [0, 0.1) is 10.1 Å². The number of pyridine rings is 1. The van der Waals surface area contributed by atoms with E-state index >= 15 is 0 Å². The third-order valence-electron chi connectivity index (χ3n) is 3.82. The normalized spacial score (nSPS) is 18.2. The summed E-state index contributed by atoms with van der Waals surface area (Å²) in [4.78, 5) is 17.3. The van der Waals surface area contributed by atoms with Crippen LogP contribution in [0.2, 0.25) is 0 Å². The first-order valence-electron chi connectivity index (χ1n) is 7.29. The fourth-order valence-corrected chi connectivity index (χ4v) is 2.74. The van der Waals surface area contributed by atoms with Gasteiger partial charge in [-0.25, -0.2) is 4.98 Å². The summed E-state index contributed by atoms with van der Waals surface area (Å²) in [7, 11) is 0. The number of hydrogen-bond donors (Lipinski definition) is 1. The number of aromatic nitrogens is 1. The number of nitro groups is 1. The van der Waals surface area contributed by atoms with Gasteiger partial charge in [0.25, 0.3) is 5.69 Å². The van der Waals surface area contributed by atoms with Crippen molar-refractivity contribution < 1.29 is 10.0 Å². The third-order valence-corrected chi connectivity index (χ3v) is 3.82. The molecular formula is C16H17N3O3. The van der Waals surface area contributed by atoms with Crippen LogP contribution in [-0.2, 0) is 0 Å². The van der Waals surface area contributed by atoms with Crippen LogP contribution in [0.1, 0.15) is 12.8 Å². The molecule has 22 heavy (non-hydrogen) atoms. The topological polar surface area (TPSA) is 79.5 Å². The standard InChI is InChI=1S/C16H17N3O3/c20-13-7-4-10-18(11-13)15-9-8-14(19(21)22)16(17-15)12-5-2-1-3-6-12/h1-3,5-6,8-9,13,20H,4,7,10-11H2. The number of nitrogens with zero attached hydrogens (tertiary/aromatic N) is 3. The first-order valence-corrected chi connectivity index (χ1v) is 7.29. The molecule has 1 N–H and O–H groups in total. The zero-order chi connectivity index (χ0) is 15.5. The molecule has 114 valence electrons. The summed E-state index contributed by atoms with van der Waals surface area (Å²) >= 11 is 0. The molecule has 0 bridgehead atoms. The van der Waals surface area contributed by atoms with Crippen molar-refractivity contribution in [2.75, 3.05) is 18.0 Å². The minimum atomic E-state index is -0.413. The first-order chi connectivity index (χ1) is 10.6. The summed E-state index contributed by atoms with van der Waals surface area (Å²) in [5, 5.41) is 21.0. The summed E-state index contributed by atoms with van der Waals surface area (Å²) < 4.78 is 0. The van der Waals surface area contributed by atoms with E-state index in [1.165, 1.54) is 6.07 Å². The van der Waals surface area contributed by atoms with Crippen LogP contribution < -0.4 is 4.90 Å². The molecule has 0 saturated carbocycles. The van der Waals surface area contributed by atoms with E-state index in [9.17, 15) is 15.2 Å². The molecule has 1 aliphatic heterocycles. The van der Waals surface area contributed by atoms with Gasteiger partial charge < -0.3 is 10.0 Å². The Morgan fingerprint density at radius 3 is 2.68 bits per heavy atom. The van der Waals surface area contributed by atoms with E-state index in [1.807, 2.05) is 35.2 Å². The van der Waals surface area contributed by atoms with Gasteiger partial charge in [-0.05, 0) is 18.9 Å². The van der Waals surface area contributed by atoms with Gasteiger partial charge in [0.05, 0.1) is 11.0 Å². The molecular weight excluding hydrogens is 282 g/mol. The summed E-state index contributed by atoms with van der Waals surface area (Å²) in [5.74, 6) is 0.670. The first kappa shape index (κ1) is 14.5. The van der Waals surface area contributed by atoms with Crippen molar-refractivity contribution in [2.24, 2.45) is 0 Å². The van der Waals surface area contributed by atoms with Gasteiger partial charge in [-0.2, -0.15) is 0 Å². The molecule has 6 heteroatoms. The van der Waals surface area contributed by atoms with Crippen LogP contribution in [0.5, 0.6) is 0 Å². The fourth-order valence-electron chi connectivity index (χ4n) is 2.74. The second-order valence-electron chi connectivity index (χ2n) is 5.40. The molecule has 3 rings (SSSR count). The minimum absolute atomic E-state index is 0.00694.